The Morgan fingerprint density at radius 1 is 0.476 bits per heavy atom. The number of rotatable bonds is 4. The first-order valence-corrected chi connectivity index (χ1v) is 21.7. The summed E-state index contributed by atoms with van der Waals surface area (Å²) >= 11 is 0. The summed E-state index contributed by atoms with van der Waals surface area (Å²) in [5.74, 6) is 0. The van der Waals surface area contributed by atoms with Crippen molar-refractivity contribution in [2.45, 2.75) is 19.3 Å². The van der Waals surface area contributed by atoms with E-state index in [-0.39, 0.29) is 5.41 Å². The molecule has 0 amide bonds. The molecule has 63 heavy (non-hydrogen) atoms. The Hall–Kier alpha value is -7.94. The number of furan rings is 2. The fourth-order valence-electron chi connectivity index (χ4n) is 10.9. The summed E-state index contributed by atoms with van der Waals surface area (Å²) in [5, 5.41) is 13.7. The lowest BCUT2D eigenvalue weighted by Gasteiger charge is -2.23. The largest absolute Gasteiger partial charge is 0.456 e. The van der Waals surface area contributed by atoms with Gasteiger partial charge in [-0.2, -0.15) is 0 Å². The molecule has 0 radical (unpaired) electrons. The molecule has 0 aliphatic heterocycles. The van der Waals surface area contributed by atoms with Gasteiger partial charge >= 0.3 is 0 Å². The summed E-state index contributed by atoms with van der Waals surface area (Å²) in [6, 6.07) is 63.9. The summed E-state index contributed by atoms with van der Waals surface area (Å²) in [7, 11) is 0. The van der Waals surface area contributed by atoms with E-state index in [0.717, 1.165) is 60.0 Å². The molecule has 10 aromatic carbocycles. The van der Waals surface area contributed by atoms with Gasteiger partial charge in [0.2, 0.25) is 0 Å². The lowest BCUT2D eigenvalue weighted by atomic mass is 9.80. The second-order valence-corrected chi connectivity index (χ2v) is 17.7. The molecule has 1 aliphatic rings. The topological polar surface area (TPSA) is 26.3 Å². The smallest absolute Gasteiger partial charge is 0.143 e. The van der Waals surface area contributed by atoms with E-state index >= 15 is 0 Å². The molecule has 0 N–H and O–H groups in total. The molecule has 12 aromatic rings. The van der Waals surface area contributed by atoms with Gasteiger partial charge in [-0.1, -0.05) is 167 Å². The SMILES string of the molecule is C=C(/C=c1/oc2ccc3c(ccc4c5ccccc5oc43)c2c1=C)c1ccc2c(c1)C(C)(C)c1cc(-c3c4ccccc4c(-c4cccc5ccccc45)c4ccccc34)ccc1-2. The third-order valence-electron chi connectivity index (χ3n) is 14.0. The van der Waals surface area contributed by atoms with Crippen LogP contribution in [0.3, 0.4) is 0 Å². The van der Waals surface area contributed by atoms with E-state index in [2.05, 4.69) is 185 Å². The quantitative estimate of drug-likeness (QED) is 0.166. The molecule has 13 rings (SSSR count). The van der Waals surface area contributed by atoms with Crippen molar-refractivity contribution in [3.05, 3.63) is 210 Å². The van der Waals surface area contributed by atoms with E-state index in [1.807, 2.05) is 24.3 Å². The molecule has 0 fully saturated rings. The Morgan fingerprint density at radius 3 is 1.83 bits per heavy atom. The molecular weight excluding hydrogens is 765 g/mol. The van der Waals surface area contributed by atoms with Crippen LogP contribution in [-0.4, -0.2) is 0 Å². The normalized spacial score (nSPS) is 13.6. The van der Waals surface area contributed by atoms with Gasteiger partial charge in [-0.3, -0.25) is 0 Å². The second-order valence-electron chi connectivity index (χ2n) is 17.7. The van der Waals surface area contributed by atoms with E-state index in [1.165, 1.54) is 76.8 Å². The molecule has 0 saturated carbocycles. The van der Waals surface area contributed by atoms with Gasteiger partial charge < -0.3 is 8.83 Å². The van der Waals surface area contributed by atoms with Crippen LogP contribution in [0.25, 0.3) is 128 Å². The van der Waals surface area contributed by atoms with E-state index in [4.69, 9.17) is 8.83 Å². The van der Waals surface area contributed by atoms with Gasteiger partial charge in [-0.05, 0) is 136 Å². The maximum Gasteiger partial charge on any atom is 0.143 e. The van der Waals surface area contributed by atoms with Gasteiger partial charge in [0, 0.05) is 32.2 Å². The minimum Gasteiger partial charge on any atom is -0.456 e. The number of hydrogen-bond acceptors (Lipinski definition) is 2. The molecule has 0 atom stereocenters. The highest BCUT2D eigenvalue weighted by molar-refractivity contribution is 6.24. The summed E-state index contributed by atoms with van der Waals surface area (Å²) < 4.78 is 12.9. The van der Waals surface area contributed by atoms with Crippen molar-refractivity contribution < 1.29 is 8.83 Å². The Morgan fingerprint density at radius 2 is 1.06 bits per heavy atom. The maximum absolute atomic E-state index is 6.51. The maximum atomic E-state index is 6.51. The van der Waals surface area contributed by atoms with Crippen LogP contribution in [0.1, 0.15) is 30.5 Å². The lowest BCUT2D eigenvalue weighted by Crippen LogP contribution is -2.18. The molecule has 0 spiro atoms. The van der Waals surface area contributed by atoms with Gasteiger partial charge in [0.15, 0.2) is 0 Å². The standard InChI is InChI=1S/C61H40O2/c1-35(32-56-36(2)57-49-28-29-50-43-17-11-12-23-54(43)63-60(50)51(49)30-31-55(57)62-56)38-24-26-41-42-27-25-39(34-53(42)61(3,4)52(41)33-38)58-45-18-7-9-20-47(45)59(48-21-10-8-19-46(48)58)44-22-13-15-37-14-5-6-16-40(37)44/h5-34H,1-2H2,3-4H3/b56-32+. The zero-order valence-electron chi connectivity index (χ0n) is 35.1. The Labute approximate surface area is 364 Å². The Kier molecular flexibility index (Phi) is 7.40. The van der Waals surface area contributed by atoms with Crippen molar-refractivity contribution in [2.75, 3.05) is 0 Å². The predicted octanol–water partition coefficient (Wildman–Crippen LogP) is 15.5. The molecular formula is C61H40O2. The van der Waals surface area contributed by atoms with Crippen molar-refractivity contribution in [3.8, 4) is 33.4 Å². The van der Waals surface area contributed by atoms with E-state index in [0.29, 0.717) is 5.42 Å². The highest BCUT2D eigenvalue weighted by atomic mass is 16.3. The van der Waals surface area contributed by atoms with Gasteiger partial charge in [-0.25, -0.2) is 0 Å². The van der Waals surface area contributed by atoms with E-state index in [9.17, 15) is 0 Å². The summed E-state index contributed by atoms with van der Waals surface area (Å²) in [5.41, 5.74) is 15.2. The zero-order valence-corrected chi connectivity index (χ0v) is 35.1. The van der Waals surface area contributed by atoms with Crippen LogP contribution in [0.2, 0.25) is 0 Å². The minimum atomic E-state index is -0.247. The second kappa shape index (κ2) is 13.0. The van der Waals surface area contributed by atoms with E-state index < -0.39 is 0 Å². The zero-order chi connectivity index (χ0) is 42.1. The third-order valence-corrected chi connectivity index (χ3v) is 14.0. The van der Waals surface area contributed by atoms with Crippen molar-refractivity contribution in [2.24, 2.45) is 0 Å². The first kappa shape index (κ1) is 35.8. The van der Waals surface area contributed by atoms with Crippen molar-refractivity contribution in [1.29, 1.82) is 0 Å². The predicted molar refractivity (Wildman–Crippen MR) is 267 cm³/mol. The average Bonchev–Trinajstić information content (AvgIpc) is 3.94. The van der Waals surface area contributed by atoms with E-state index in [1.54, 1.807) is 0 Å². The van der Waals surface area contributed by atoms with Gasteiger partial charge in [-0.15, -0.1) is 0 Å². The van der Waals surface area contributed by atoms with Crippen LogP contribution in [0.5, 0.6) is 0 Å². The lowest BCUT2D eigenvalue weighted by molar-refractivity contribution is 0.576. The summed E-state index contributed by atoms with van der Waals surface area (Å²) in [6.07, 6.45) is 2.04. The molecule has 1 aliphatic carbocycles. The highest BCUT2D eigenvalue weighted by Gasteiger charge is 2.36. The average molecular weight is 805 g/mol. The molecule has 0 saturated heterocycles. The third kappa shape index (κ3) is 5.07. The van der Waals surface area contributed by atoms with Crippen LogP contribution in [0, 0.1) is 0 Å². The Balaban J connectivity index is 0.905. The molecule has 296 valence electrons. The van der Waals surface area contributed by atoms with Crippen LogP contribution in [-0.2, 0) is 5.41 Å². The van der Waals surface area contributed by atoms with Crippen LogP contribution in [0.4, 0.5) is 0 Å². The number of benzene rings is 10. The summed E-state index contributed by atoms with van der Waals surface area (Å²) in [6.45, 7) is 13.8. The number of hydrogen-bond donors (Lipinski definition) is 0. The molecule has 2 heterocycles. The summed E-state index contributed by atoms with van der Waals surface area (Å²) in [4.78, 5) is 0. The minimum absolute atomic E-state index is 0.247. The first-order valence-electron chi connectivity index (χ1n) is 21.7. The van der Waals surface area contributed by atoms with Crippen molar-refractivity contribution in [1.82, 2.24) is 0 Å². The number of allylic oxidation sites excluding steroid dienone is 1. The molecule has 2 nitrogen and oxygen atoms in total. The molecule has 2 aromatic heterocycles. The van der Waals surface area contributed by atoms with Crippen LogP contribution < -0.4 is 10.6 Å². The molecule has 0 bridgehead atoms. The van der Waals surface area contributed by atoms with Crippen molar-refractivity contribution >= 4 is 94.2 Å². The molecule has 0 unspecified atom stereocenters. The van der Waals surface area contributed by atoms with Crippen LogP contribution in [0.15, 0.2) is 191 Å². The van der Waals surface area contributed by atoms with Crippen LogP contribution >= 0.6 is 0 Å². The first-order chi connectivity index (χ1) is 30.8. The fourth-order valence-corrected chi connectivity index (χ4v) is 10.9. The number of fused-ring (bicyclic) bond motifs is 13. The highest BCUT2D eigenvalue weighted by Crippen LogP contribution is 2.52. The van der Waals surface area contributed by atoms with Gasteiger partial charge in [0.25, 0.3) is 0 Å². The van der Waals surface area contributed by atoms with Gasteiger partial charge in [0.1, 0.15) is 22.2 Å². The van der Waals surface area contributed by atoms with Gasteiger partial charge in [0.05, 0.1) is 0 Å². The monoisotopic (exact) mass is 804 g/mol. The van der Waals surface area contributed by atoms with Crippen molar-refractivity contribution in [3.63, 3.8) is 0 Å². The fraction of sp³-hybridized carbons (Fsp3) is 0.0492. The number of para-hydroxylation sites is 1. The molecule has 2 heteroatoms. The Bertz CT molecular complexity index is 4030.